The first-order chi connectivity index (χ1) is 8.11. The number of thiazole rings is 1. The van der Waals surface area contributed by atoms with Crippen LogP contribution in [0.3, 0.4) is 0 Å². The highest BCUT2D eigenvalue weighted by Gasteiger charge is 2.15. The second-order valence-corrected chi connectivity index (χ2v) is 5.41. The van der Waals surface area contributed by atoms with E-state index in [1.165, 1.54) is 11.3 Å². The summed E-state index contributed by atoms with van der Waals surface area (Å²) in [4.78, 5) is 4.17. The van der Waals surface area contributed by atoms with Crippen molar-refractivity contribution in [1.82, 2.24) is 4.98 Å². The van der Waals surface area contributed by atoms with Gasteiger partial charge in [-0.3, -0.25) is 0 Å². The second kappa shape index (κ2) is 5.35. The van der Waals surface area contributed by atoms with Crippen molar-refractivity contribution in [1.29, 1.82) is 0 Å². The van der Waals surface area contributed by atoms with Crippen LogP contribution in [0.25, 0.3) is 0 Å². The fourth-order valence-electron chi connectivity index (χ4n) is 1.39. The topological polar surface area (TPSA) is 42.4 Å². The maximum atomic E-state index is 10.1. The summed E-state index contributed by atoms with van der Waals surface area (Å²) in [7, 11) is 1.55. The molecule has 2 aromatic rings. The molecule has 1 aromatic carbocycles. The van der Waals surface area contributed by atoms with Crippen LogP contribution in [0.5, 0.6) is 5.75 Å². The summed E-state index contributed by atoms with van der Waals surface area (Å²) >= 11 is 10.6. The Morgan fingerprint density at radius 1 is 1.53 bits per heavy atom. The molecule has 0 aliphatic heterocycles. The van der Waals surface area contributed by atoms with Crippen molar-refractivity contribution in [3.8, 4) is 5.75 Å². The predicted molar refractivity (Wildman–Crippen MR) is 71.9 cm³/mol. The molecule has 0 aliphatic rings. The monoisotopic (exact) mass is 333 g/mol. The lowest BCUT2D eigenvalue weighted by molar-refractivity contribution is 0.219. The van der Waals surface area contributed by atoms with Gasteiger partial charge >= 0.3 is 0 Å². The molecule has 1 heterocycles. The maximum absolute atomic E-state index is 10.1. The number of aliphatic hydroxyl groups is 1. The van der Waals surface area contributed by atoms with E-state index >= 15 is 0 Å². The predicted octanol–water partition coefficient (Wildman–Crippen LogP) is 3.65. The summed E-state index contributed by atoms with van der Waals surface area (Å²) in [5.74, 6) is 0.586. The van der Waals surface area contributed by atoms with Gasteiger partial charge in [-0.2, -0.15) is 0 Å². The fourth-order valence-corrected chi connectivity index (χ4v) is 2.93. The third-order valence-corrected chi connectivity index (χ3v) is 4.12. The first-order valence-electron chi connectivity index (χ1n) is 4.74. The molecular formula is C11H9BrClNO2S. The van der Waals surface area contributed by atoms with Crippen molar-refractivity contribution < 1.29 is 9.84 Å². The van der Waals surface area contributed by atoms with Crippen LogP contribution in [0, 0.1) is 0 Å². The summed E-state index contributed by atoms with van der Waals surface area (Å²) in [6, 6.07) is 5.18. The number of aromatic nitrogens is 1. The summed E-state index contributed by atoms with van der Waals surface area (Å²) < 4.78 is 5.77. The lowest BCUT2D eigenvalue weighted by Gasteiger charge is -2.10. The molecule has 17 heavy (non-hydrogen) atoms. The average Bonchev–Trinajstić information content (AvgIpc) is 2.75. The summed E-state index contributed by atoms with van der Waals surface area (Å²) in [6.45, 7) is 0. The van der Waals surface area contributed by atoms with E-state index in [4.69, 9.17) is 16.3 Å². The fraction of sp³-hybridized carbons (Fsp3) is 0.182. The van der Waals surface area contributed by atoms with Gasteiger partial charge in [0, 0.05) is 5.38 Å². The first kappa shape index (κ1) is 12.8. The van der Waals surface area contributed by atoms with Crippen LogP contribution in [0.15, 0.2) is 28.2 Å². The molecule has 0 saturated heterocycles. The minimum absolute atomic E-state index is 0.472. The summed E-state index contributed by atoms with van der Waals surface area (Å²) in [6.07, 6.45) is -0.769. The van der Waals surface area contributed by atoms with E-state index in [0.29, 0.717) is 21.3 Å². The number of nitrogens with zero attached hydrogens (tertiary/aromatic N) is 1. The SMILES string of the molecule is COc1ccc(C(O)c2nc(Br)cs2)cc1Cl. The lowest BCUT2D eigenvalue weighted by atomic mass is 10.1. The minimum Gasteiger partial charge on any atom is -0.495 e. The number of methoxy groups -OCH3 is 1. The third kappa shape index (κ3) is 2.80. The molecule has 0 spiro atoms. The van der Waals surface area contributed by atoms with Gasteiger partial charge in [0.1, 0.15) is 21.5 Å². The molecule has 1 aromatic heterocycles. The van der Waals surface area contributed by atoms with Crippen molar-refractivity contribution in [3.63, 3.8) is 0 Å². The van der Waals surface area contributed by atoms with Crippen molar-refractivity contribution in [2.75, 3.05) is 7.11 Å². The van der Waals surface area contributed by atoms with Crippen LogP contribution >= 0.6 is 38.9 Å². The molecule has 0 bridgehead atoms. The number of aliphatic hydroxyl groups excluding tert-OH is 1. The van der Waals surface area contributed by atoms with Gasteiger partial charge in [-0.1, -0.05) is 17.7 Å². The van der Waals surface area contributed by atoms with Gasteiger partial charge in [-0.15, -0.1) is 11.3 Å². The normalized spacial score (nSPS) is 12.5. The van der Waals surface area contributed by atoms with Gasteiger partial charge in [-0.05, 0) is 33.6 Å². The van der Waals surface area contributed by atoms with Crippen LogP contribution < -0.4 is 4.74 Å². The molecule has 0 saturated carbocycles. The number of benzene rings is 1. The van der Waals surface area contributed by atoms with Gasteiger partial charge in [0.15, 0.2) is 0 Å². The number of hydrogen-bond acceptors (Lipinski definition) is 4. The maximum Gasteiger partial charge on any atom is 0.137 e. The van der Waals surface area contributed by atoms with Crippen molar-refractivity contribution in [2.45, 2.75) is 6.10 Å². The van der Waals surface area contributed by atoms with Crippen LogP contribution in [0.2, 0.25) is 5.02 Å². The highest BCUT2D eigenvalue weighted by Crippen LogP contribution is 2.31. The Hall–Kier alpha value is -0.620. The van der Waals surface area contributed by atoms with Crippen molar-refractivity contribution in [2.24, 2.45) is 0 Å². The van der Waals surface area contributed by atoms with E-state index in [-0.39, 0.29) is 0 Å². The van der Waals surface area contributed by atoms with E-state index in [9.17, 15) is 5.11 Å². The zero-order valence-electron chi connectivity index (χ0n) is 8.85. The van der Waals surface area contributed by atoms with Crippen LogP contribution in [-0.2, 0) is 0 Å². The highest BCUT2D eigenvalue weighted by atomic mass is 79.9. The zero-order chi connectivity index (χ0) is 12.4. The Morgan fingerprint density at radius 3 is 2.82 bits per heavy atom. The average molecular weight is 335 g/mol. The smallest absolute Gasteiger partial charge is 0.137 e. The van der Waals surface area contributed by atoms with Crippen LogP contribution in [-0.4, -0.2) is 17.2 Å². The lowest BCUT2D eigenvalue weighted by Crippen LogP contribution is -1.99. The second-order valence-electron chi connectivity index (χ2n) is 3.30. The molecule has 3 nitrogen and oxygen atoms in total. The molecule has 0 radical (unpaired) electrons. The van der Waals surface area contributed by atoms with E-state index < -0.39 is 6.10 Å². The molecule has 90 valence electrons. The van der Waals surface area contributed by atoms with Crippen molar-refractivity contribution >= 4 is 38.9 Å². The number of rotatable bonds is 3. The molecule has 0 aliphatic carbocycles. The molecule has 1 N–H and O–H groups in total. The Bertz CT molecular complexity index is 532. The van der Waals surface area contributed by atoms with Gasteiger partial charge in [0.2, 0.25) is 0 Å². The van der Waals surface area contributed by atoms with Gasteiger partial charge in [0.25, 0.3) is 0 Å². The Balaban J connectivity index is 2.31. The number of ether oxygens (including phenoxy) is 1. The molecule has 0 fully saturated rings. The molecule has 2 rings (SSSR count). The van der Waals surface area contributed by atoms with Crippen LogP contribution in [0.4, 0.5) is 0 Å². The standard InChI is InChI=1S/C11H9BrClNO2S/c1-16-8-3-2-6(4-7(8)13)10(15)11-14-9(12)5-17-11/h2-5,10,15H,1H3. The molecular weight excluding hydrogens is 326 g/mol. The Kier molecular flexibility index (Phi) is 4.04. The highest BCUT2D eigenvalue weighted by molar-refractivity contribution is 9.10. The largest absolute Gasteiger partial charge is 0.495 e. The minimum atomic E-state index is -0.769. The first-order valence-corrected chi connectivity index (χ1v) is 6.79. The van der Waals surface area contributed by atoms with Gasteiger partial charge in [0.05, 0.1) is 12.1 Å². The quantitative estimate of drug-likeness (QED) is 0.931. The van der Waals surface area contributed by atoms with E-state index in [0.717, 1.165) is 4.60 Å². The zero-order valence-corrected chi connectivity index (χ0v) is 12.0. The number of hydrogen-bond donors (Lipinski definition) is 1. The molecule has 0 amide bonds. The Labute approximate surface area is 116 Å². The molecule has 6 heteroatoms. The van der Waals surface area contributed by atoms with Gasteiger partial charge < -0.3 is 9.84 Å². The third-order valence-electron chi connectivity index (χ3n) is 2.22. The van der Waals surface area contributed by atoms with E-state index in [1.807, 2.05) is 5.38 Å². The van der Waals surface area contributed by atoms with E-state index in [1.54, 1.807) is 25.3 Å². The van der Waals surface area contributed by atoms with Crippen molar-refractivity contribution in [3.05, 3.63) is 43.8 Å². The van der Waals surface area contributed by atoms with E-state index in [2.05, 4.69) is 20.9 Å². The Morgan fingerprint density at radius 2 is 2.29 bits per heavy atom. The summed E-state index contributed by atoms with van der Waals surface area (Å²) in [5, 5.41) is 13.0. The molecule has 1 unspecified atom stereocenters. The number of halogens is 2. The van der Waals surface area contributed by atoms with Gasteiger partial charge in [-0.25, -0.2) is 4.98 Å². The summed E-state index contributed by atoms with van der Waals surface area (Å²) in [5.41, 5.74) is 0.692. The molecule has 1 atom stereocenters. The van der Waals surface area contributed by atoms with Crippen LogP contribution in [0.1, 0.15) is 16.7 Å².